The van der Waals surface area contributed by atoms with Crippen molar-refractivity contribution in [2.75, 3.05) is 24.4 Å². The molecule has 2 heterocycles. The minimum absolute atomic E-state index is 0.0433. The van der Waals surface area contributed by atoms with Crippen LogP contribution in [0.4, 0.5) is 10.8 Å². The number of aromatic nitrogens is 2. The summed E-state index contributed by atoms with van der Waals surface area (Å²) in [6.45, 7) is 0. The first kappa shape index (κ1) is 22.3. The molecule has 1 spiro atoms. The third-order valence-corrected chi connectivity index (χ3v) is 7.70. The molecule has 0 atom stereocenters. The number of fused-ring (bicyclic) bond motifs is 2. The first-order valence-corrected chi connectivity index (χ1v) is 12.5. The van der Waals surface area contributed by atoms with Crippen molar-refractivity contribution in [3.63, 3.8) is 0 Å². The predicted octanol–water partition coefficient (Wildman–Crippen LogP) is 4.11. The fourth-order valence-electron chi connectivity index (χ4n) is 4.68. The predicted molar refractivity (Wildman–Crippen MR) is 135 cm³/mol. The smallest absolute Gasteiger partial charge is 0.258 e. The highest BCUT2D eigenvalue weighted by atomic mass is 32.1. The van der Waals surface area contributed by atoms with Gasteiger partial charge in [0.05, 0.1) is 24.2 Å². The number of methoxy groups -OCH3 is 1. The number of nitrogens with one attached hydrogen (secondary N) is 1. The van der Waals surface area contributed by atoms with Gasteiger partial charge in [0.15, 0.2) is 5.01 Å². The third kappa shape index (κ3) is 3.60. The molecule has 0 bridgehead atoms. The summed E-state index contributed by atoms with van der Waals surface area (Å²) in [4.78, 5) is 28.3. The Morgan fingerprint density at radius 1 is 1.22 bits per heavy atom. The average molecular weight is 496 g/mol. The number of nitrogens with zero attached hydrogens (tertiary/aromatic N) is 4. The van der Waals surface area contributed by atoms with Crippen LogP contribution in [0.3, 0.4) is 0 Å². The van der Waals surface area contributed by atoms with Gasteiger partial charge in [0, 0.05) is 29.8 Å². The zero-order valence-electron chi connectivity index (χ0n) is 19.7. The first-order valence-electron chi connectivity index (χ1n) is 11.6. The van der Waals surface area contributed by atoms with Gasteiger partial charge in [0.1, 0.15) is 5.75 Å². The molecule has 0 unspecified atom stereocenters. The average Bonchev–Trinajstić information content (AvgIpc) is 3.83. The Morgan fingerprint density at radius 3 is 2.72 bits per heavy atom. The number of nitriles is 1. The van der Waals surface area contributed by atoms with Gasteiger partial charge in [-0.2, -0.15) is 5.26 Å². The highest BCUT2D eigenvalue weighted by molar-refractivity contribution is 7.15. The van der Waals surface area contributed by atoms with E-state index in [1.165, 1.54) is 11.3 Å². The summed E-state index contributed by atoms with van der Waals surface area (Å²) in [5, 5.41) is 21.4. The quantitative estimate of drug-likeness (QED) is 0.546. The van der Waals surface area contributed by atoms with E-state index in [1.54, 1.807) is 43.3 Å². The number of hydrogen-bond acceptors (Lipinski definition) is 7. The van der Waals surface area contributed by atoms with Gasteiger partial charge >= 0.3 is 0 Å². The molecule has 6 rings (SSSR count). The Balaban J connectivity index is 1.45. The van der Waals surface area contributed by atoms with Crippen molar-refractivity contribution in [3.8, 4) is 34.8 Å². The van der Waals surface area contributed by atoms with Crippen LogP contribution in [-0.2, 0) is 10.2 Å². The summed E-state index contributed by atoms with van der Waals surface area (Å²) in [6, 6.07) is 10.9. The van der Waals surface area contributed by atoms with E-state index < -0.39 is 11.3 Å². The van der Waals surface area contributed by atoms with Gasteiger partial charge in [-0.05, 0) is 73.1 Å². The molecule has 1 aliphatic heterocycles. The summed E-state index contributed by atoms with van der Waals surface area (Å²) in [7, 11) is 3.28. The molecule has 8 nitrogen and oxygen atoms in total. The molecule has 36 heavy (non-hydrogen) atoms. The van der Waals surface area contributed by atoms with Crippen LogP contribution in [0, 0.1) is 29.1 Å². The summed E-state index contributed by atoms with van der Waals surface area (Å²) >= 11 is 1.22. The molecule has 1 N–H and O–H groups in total. The van der Waals surface area contributed by atoms with Gasteiger partial charge in [0.2, 0.25) is 11.0 Å². The van der Waals surface area contributed by atoms with E-state index in [9.17, 15) is 14.9 Å². The molecule has 0 radical (unpaired) electrons. The second-order valence-electron chi connectivity index (χ2n) is 9.30. The van der Waals surface area contributed by atoms with Crippen molar-refractivity contribution in [2.45, 2.75) is 31.1 Å². The van der Waals surface area contributed by atoms with E-state index in [0.29, 0.717) is 44.1 Å². The molecule has 2 saturated carbocycles. The second-order valence-corrected chi connectivity index (χ2v) is 10.3. The van der Waals surface area contributed by atoms with E-state index in [-0.39, 0.29) is 5.91 Å². The van der Waals surface area contributed by atoms with Gasteiger partial charge in [-0.15, -0.1) is 10.2 Å². The van der Waals surface area contributed by atoms with E-state index >= 15 is 0 Å². The first-order chi connectivity index (χ1) is 17.4. The maximum atomic E-state index is 13.6. The van der Waals surface area contributed by atoms with Crippen LogP contribution < -0.4 is 15.0 Å². The zero-order chi connectivity index (χ0) is 25.0. The van der Waals surface area contributed by atoms with Crippen LogP contribution in [0.25, 0.3) is 11.1 Å². The fraction of sp³-hybridized carbons (Fsp3) is 0.296. The minimum Gasteiger partial charge on any atom is -0.496 e. The molecule has 2 amide bonds. The number of rotatable bonds is 4. The number of hydrogen-bond donors (Lipinski definition) is 1. The fourth-order valence-corrected chi connectivity index (χ4v) is 5.28. The topological polar surface area (TPSA) is 108 Å². The van der Waals surface area contributed by atoms with Crippen molar-refractivity contribution >= 4 is 34.0 Å². The highest BCUT2D eigenvalue weighted by Crippen LogP contribution is 2.58. The normalized spacial score (nSPS) is 16.7. The largest absolute Gasteiger partial charge is 0.496 e. The van der Waals surface area contributed by atoms with Crippen molar-refractivity contribution in [1.29, 1.82) is 5.26 Å². The molecular weight excluding hydrogens is 474 g/mol. The van der Waals surface area contributed by atoms with Crippen molar-refractivity contribution in [3.05, 3.63) is 52.0 Å². The summed E-state index contributed by atoms with van der Waals surface area (Å²) in [5.74, 6) is 6.78. The lowest BCUT2D eigenvalue weighted by molar-refractivity contribution is -0.119. The minimum atomic E-state index is -0.526. The molecule has 2 fully saturated rings. The zero-order valence-corrected chi connectivity index (χ0v) is 20.5. The van der Waals surface area contributed by atoms with E-state index in [2.05, 4.69) is 33.4 Å². The lowest BCUT2D eigenvalue weighted by atomic mass is 9.89. The van der Waals surface area contributed by atoms with Crippen LogP contribution in [0.15, 0.2) is 30.3 Å². The maximum Gasteiger partial charge on any atom is 0.258 e. The van der Waals surface area contributed by atoms with Gasteiger partial charge in [-0.3, -0.25) is 14.9 Å². The monoisotopic (exact) mass is 495 g/mol. The van der Waals surface area contributed by atoms with Gasteiger partial charge < -0.3 is 9.64 Å². The van der Waals surface area contributed by atoms with Crippen LogP contribution >= 0.6 is 11.3 Å². The number of anilines is 2. The molecule has 2 aromatic carbocycles. The van der Waals surface area contributed by atoms with Crippen LogP contribution in [0.1, 0.15) is 52.2 Å². The number of carbonyl (C=O) groups is 2. The number of likely N-dealkylation sites (N-methyl/N-ethyl adjacent to an activating group) is 1. The van der Waals surface area contributed by atoms with Crippen molar-refractivity contribution < 1.29 is 14.3 Å². The highest BCUT2D eigenvalue weighted by Gasteiger charge is 2.58. The summed E-state index contributed by atoms with van der Waals surface area (Å²) < 4.78 is 5.58. The van der Waals surface area contributed by atoms with Gasteiger partial charge in [0.25, 0.3) is 5.91 Å². The summed E-state index contributed by atoms with van der Waals surface area (Å²) in [5.41, 5.74) is 3.08. The SMILES string of the molecule is COc1ccc(C#N)cc1-c1cc2c(cc1C(=O)Nc1nnc(C#CC3CC3)s1)N(C)C(=O)C21CC1. The maximum absolute atomic E-state index is 13.6. The van der Waals surface area contributed by atoms with E-state index in [0.717, 1.165) is 36.9 Å². The van der Waals surface area contributed by atoms with Gasteiger partial charge in [-0.25, -0.2) is 0 Å². The van der Waals surface area contributed by atoms with Crippen LogP contribution in [0.2, 0.25) is 0 Å². The number of amides is 2. The molecule has 2 aliphatic carbocycles. The third-order valence-electron chi connectivity index (χ3n) is 6.95. The lowest BCUT2D eigenvalue weighted by Crippen LogP contribution is -2.28. The van der Waals surface area contributed by atoms with Crippen molar-refractivity contribution in [1.82, 2.24) is 10.2 Å². The van der Waals surface area contributed by atoms with E-state index in [4.69, 9.17) is 4.74 Å². The van der Waals surface area contributed by atoms with Gasteiger partial charge in [-0.1, -0.05) is 17.3 Å². The molecule has 1 aromatic heterocycles. The Kier molecular flexibility index (Phi) is 5.06. The number of ether oxygens (including phenoxy) is 1. The number of carbonyl (C=O) groups excluding carboxylic acids is 2. The molecule has 178 valence electrons. The Morgan fingerprint density at radius 2 is 2.03 bits per heavy atom. The Hall–Kier alpha value is -4.21. The van der Waals surface area contributed by atoms with Crippen LogP contribution in [-0.4, -0.2) is 36.2 Å². The van der Waals surface area contributed by atoms with E-state index in [1.807, 2.05) is 6.07 Å². The molecule has 3 aliphatic rings. The second kappa shape index (κ2) is 8.18. The summed E-state index contributed by atoms with van der Waals surface area (Å²) in [6.07, 6.45) is 3.79. The molecule has 9 heteroatoms. The Labute approximate surface area is 211 Å². The number of benzene rings is 2. The molecule has 3 aromatic rings. The Bertz CT molecular complexity index is 1550. The van der Waals surface area contributed by atoms with Crippen molar-refractivity contribution in [2.24, 2.45) is 5.92 Å². The van der Waals surface area contributed by atoms with Crippen LogP contribution in [0.5, 0.6) is 5.75 Å². The lowest BCUT2D eigenvalue weighted by Gasteiger charge is -2.17. The standard InChI is InChI=1S/C27H21N5O3S/c1-32-21-13-19(24(33)29-26-31-30-23(36-26)8-6-15-3-4-15)17(12-20(21)27(9-10-27)25(32)34)18-11-16(14-28)5-7-22(18)35-2/h5,7,11-13,15H,3-4,9-10H2,1-2H3,(H,29,31,33). The molecule has 0 saturated heterocycles. The molecular formula is C27H21N5O3S.